The predicted octanol–water partition coefficient (Wildman–Crippen LogP) is 1.43. The lowest BCUT2D eigenvalue weighted by atomic mass is 9.91. The molecule has 0 aliphatic carbocycles. The zero-order chi connectivity index (χ0) is 12.2. The first kappa shape index (κ1) is 12.5. The molecule has 1 aromatic carbocycles. The van der Waals surface area contributed by atoms with Crippen LogP contribution in [0, 0.1) is 0 Å². The van der Waals surface area contributed by atoms with Crippen molar-refractivity contribution in [1.82, 2.24) is 0 Å². The highest BCUT2D eigenvalue weighted by Crippen LogP contribution is 2.17. The molecular formula is C12H17NO3. The van der Waals surface area contributed by atoms with Crippen molar-refractivity contribution in [1.29, 1.82) is 0 Å². The molecule has 3 N–H and O–H groups in total. The Morgan fingerprint density at radius 1 is 1.44 bits per heavy atom. The number of carbonyl (C=O) groups is 1. The molecule has 4 heteroatoms. The van der Waals surface area contributed by atoms with Gasteiger partial charge in [0.15, 0.2) is 0 Å². The largest absolute Gasteiger partial charge is 0.497 e. The Balaban J connectivity index is 2.68. The average Bonchev–Trinajstić information content (AvgIpc) is 2.16. The number of nitrogens with two attached hydrogens (primary N) is 1. The summed E-state index contributed by atoms with van der Waals surface area (Å²) in [5.74, 6) is -0.0979. The highest BCUT2D eigenvalue weighted by Gasteiger charge is 2.22. The number of hydrogen-bond acceptors (Lipinski definition) is 3. The van der Waals surface area contributed by atoms with Crippen LogP contribution in [0.5, 0.6) is 5.75 Å². The molecule has 1 aromatic rings. The Morgan fingerprint density at radius 3 is 2.44 bits per heavy atom. The predicted molar refractivity (Wildman–Crippen MR) is 61.5 cm³/mol. The lowest BCUT2D eigenvalue weighted by molar-refractivity contribution is -0.138. The molecule has 1 rings (SSSR count). The smallest absolute Gasteiger partial charge is 0.305 e. The number of carboxylic acid groups (broad SMARTS) is 1. The number of ether oxygens (including phenoxy) is 1. The van der Waals surface area contributed by atoms with Gasteiger partial charge in [-0.2, -0.15) is 0 Å². The van der Waals surface area contributed by atoms with Crippen molar-refractivity contribution in [3.63, 3.8) is 0 Å². The summed E-state index contributed by atoms with van der Waals surface area (Å²) in [4.78, 5) is 10.6. The van der Waals surface area contributed by atoms with E-state index in [-0.39, 0.29) is 6.42 Å². The number of carboxylic acids is 1. The second kappa shape index (κ2) is 4.99. The Morgan fingerprint density at radius 2 is 2.00 bits per heavy atom. The van der Waals surface area contributed by atoms with Crippen LogP contribution in [0.1, 0.15) is 18.9 Å². The first-order valence-electron chi connectivity index (χ1n) is 5.06. The van der Waals surface area contributed by atoms with E-state index in [0.717, 1.165) is 11.3 Å². The summed E-state index contributed by atoms with van der Waals surface area (Å²) in [5, 5.41) is 8.71. The van der Waals surface area contributed by atoms with E-state index in [2.05, 4.69) is 0 Å². The van der Waals surface area contributed by atoms with E-state index in [1.54, 1.807) is 14.0 Å². The van der Waals surface area contributed by atoms with Crippen LogP contribution in [0.3, 0.4) is 0 Å². The number of benzene rings is 1. The van der Waals surface area contributed by atoms with Crippen LogP contribution >= 0.6 is 0 Å². The summed E-state index contributed by atoms with van der Waals surface area (Å²) < 4.78 is 5.04. The van der Waals surface area contributed by atoms with Gasteiger partial charge in [0.25, 0.3) is 0 Å². The van der Waals surface area contributed by atoms with E-state index in [9.17, 15) is 4.79 Å². The van der Waals surface area contributed by atoms with Crippen LogP contribution in [0.4, 0.5) is 0 Å². The van der Waals surface area contributed by atoms with Gasteiger partial charge in [-0.3, -0.25) is 4.79 Å². The third-order valence-electron chi connectivity index (χ3n) is 2.32. The van der Waals surface area contributed by atoms with Crippen LogP contribution in [-0.4, -0.2) is 23.7 Å². The zero-order valence-electron chi connectivity index (χ0n) is 9.56. The molecule has 0 heterocycles. The van der Waals surface area contributed by atoms with E-state index >= 15 is 0 Å². The summed E-state index contributed by atoms with van der Waals surface area (Å²) in [6, 6.07) is 7.47. The fourth-order valence-electron chi connectivity index (χ4n) is 1.62. The van der Waals surface area contributed by atoms with Gasteiger partial charge in [0.05, 0.1) is 13.5 Å². The van der Waals surface area contributed by atoms with Gasteiger partial charge in [-0.1, -0.05) is 12.1 Å². The number of rotatable bonds is 5. The fourth-order valence-corrected chi connectivity index (χ4v) is 1.62. The fraction of sp³-hybridized carbons (Fsp3) is 0.417. The van der Waals surface area contributed by atoms with E-state index < -0.39 is 11.5 Å². The Labute approximate surface area is 95.0 Å². The van der Waals surface area contributed by atoms with Crippen molar-refractivity contribution < 1.29 is 14.6 Å². The van der Waals surface area contributed by atoms with Gasteiger partial charge in [-0.25, -0.2) is 0 Å². The molecule has 0 spiro atoms. The molecule has 0 radical (unpaired) electrons. The molecule has 4 nitrogen and oxygen atoms in total. The van der Waals surface area contributed by atoms with Gasteiger partial charge in [-0.05, 0) is 31.0 Å². The first-order chi connectivity index (χ1) is 7.43. The van der Waals surface area contributed by atoms with E-state index in [0.29, 0.717) is 6.42 Å². The van der Waals surface area contributed by atoms with Gasteiger partial charge in [0, 0.05) is 5.54 Å². The maximum absolute atomic E-state index is 10.6. The molecule has 1 atom stereocenters. The standard InChI is InChI=1S/C12H17NO3/c1-12(13,8-11(14)15)7-9-3-5-10(16-2)6-4-9/h3-6H,7-8,13H2,1-2H3,(H,14,15). The molecule has 0 aromatic heterocycles. The van der Waals surface area contributed by atoms with Gasteiger partial charge >= 0.3 is 5.97 Å². The van der Waals surface area contributed by atoms with E-state index in [1.165, 1.54) is 0 Å². The van der Waals surface area contributed by atoms with Crippen LogP contribution in [0.15, 0.2) is 24.3 Å². The normalized spacial score (nSPS) is 14.2. The second-order valence-electron chi connectivity index (χ2n) is 4.25. The number of hydrogen-bond donors (Lipinski definition) is 2. The number of methoxy groups -OCH3 is 1. The molecule has 1 unspecified atom stereocenters. The summed E-state index contributed by atoms with van der Waals surface area (Å²) in [6.07, 6.45) is 0.488. The lowest BCUT2D eigenvalue weighted by Crippen LogP contribution is -2.40. The average molecular weight is 223 g/mol. The van der Waals surface area contributed by atoms with Gasteiger partial charge in [-0.15, -0.1) is 0 Å². The maximum Gasteiger partial charge on any atom is 0.305 e. The summed E-state index contributed by atoms with van der Waals surface area (Å²) in [6.45, 7) is 1.74. The van der Waals surface area contributed by atoms with Crippen molar-refractivity contribution in [2.75, 3.05) is 7.11 Å². The quantitative estimate of drug-likeness (QED) is 0.792. The van der Waals surface area contributed by atoms with Crippen molar-refractivity contribution in [3.8, 4) is 5.75 Å². The summed E-state index contributed by atoms with van der Waals surface area (Å²) >= 11 is 0. The SMILES string of the molecule is COc1ccc(CC(C)(N)CC(=O)O)cc1. The Bertz CT molecular complexity index is 357. The molecule has 0 amide bonds. The highest BCUT2D eigenvalue weighted by molar-refractivity contribution is 5.68. The van der Waals surface area contributed by atoms with Crippen LogP contribution in [0.25, 0.3) is 0 Å². The highest BCUT2D eigenvalue weighted by atomic mass is 16.5. The topological polar surface area (TPSA) is 72.5 Å². The Hall–Kier alpha value is -1.55. The van der Waals surface area contributed by atoms with Crippen molar-refractivity contribution >= 4 is 5.97 Å². The Kier molecular flexibility index (Phi) is 3.90. The van der Waals surface area contributed by atoms with Crippen LogP contribution < -0.4 is 10.5 Å². The van der Waals surface area contributed by atoms with Crippen molar-refractivity contribution in [2.24, 2.45) is 5.73 Å². The molecule has 0 saturated heterocycles. The summed E-state index contributed by atoms with van der Waals surface area (Å²) in [5.41, 5.74) is 6.19. The van der Waals surface area contributed by atoms with E-state index in [4.69, 9.17) is 15.6 Å². The minimum absolute atomic E-state index is 0.0426. The van der Waals surface area contributed by atoms with E-state index in [1.807, 2.05) is 24.3 Å². The molecule has 0 aliphatic rings. The molecule has 16 heavy (non-hydrogen) atoms. The molecule has 0 saturated carbocycles. The maximum atomic E-state index is 10.6. The minimum atomic E-state index is -0.876. The molecule has 0 bridgehead atoms. The van der Waals surface area contributed by atoms with Gasteiger partial charge < -0.3 is 15.6 Å². The second-order valence-corrected chi connectivity index (χ2v) is 4.25. The first-order valence-corrected chi connectivity index (χ1v) is 5.06. The minimum Gasteiger partial charge on any atom is -0.497 e. The molecule has 0 fully saturated rings. The number of aliphatic carboxylic acids is 1. The summed E-state index contributed by atoms with van der Waals surface area (Å²) in [7, 11) is 1.60. The molecule has 0 aliphatic heterocycles. The molecule has 88 valence electrons. The van der Waals surface area contributed by atoms with Crippen LogP contribution in [-0.2, 0) is 11.2 Å². The zero-order valence-corrected chi connectivity index (χ0v) is 9.56. The third kappa shape index (κ3) is 3.90. The van der Waals surface area contributed by atoms with Gasteiger partial charge in [0.2, 0.25) is 0 Å². The third-order valence-corrected chi connectivity index (χ3v) is 2.32. The van der Waals surface area contributed by atoms with Crippen molar-refractivity contribution in [3.05, 3.63) is 29.8 Å². The van der Waals surface area contributed by atoms with Gasteiger partial charge in [0.1, 0.15) is 5.75 Å². The monoisotopic (exact) mass is 223 g/mol. The molecular weight excluding hydrogens is 206 g/mol. The lowest BCUT2D eigenvalue weighted by Gasteiger charge is -2.22. The van der Waals surface area contributed by atoms with Crippen molar-refractivity contribution in [2.45, 2.75) is 25.3 Å². The van der Waals surface area contributed by atoms with Crippen LogP contribution in [0.2, 0.25) is 0 Å².